The largest absolute Gasteiger partial charge is 0.319 e. The summed E-state index contributed by atoms with van der Waals surface area (Å²) in [6.45, 7) is -2.36. The molecule has 0 fully saturated rings. The van der Waals surface area contributed by atoms with E-state index in [2.05, 4.69) is 187 Å². The summed E-state index contributed by atoms with van der Waals surface area (Å²) in [6, 6.07) is 79.8. The average Bonchev–Trinajstić information content (AvgIpc) is 3.90. The van der Waals surface area contributed by atoms with Gasteiger partial charge in [0.15, 0.2) is 17.4 Å². The van der Waals surface area contributed by atoms with Crippen LogP contribution in [-0.2, 0) is 28.0 Å². The Morgan fingerprint density at radius 1 is 0.525 bits per heavy atom. The third-order valence-electron chi connectivity index (χ3n) is 11.8. The number of nitrogens with zero attached hydrogens (tertiary/aromatic N) is 4. The third kappa shape index (κ3) is 6.40. The standard InChI is InChI=1S/C55H39N4Si.Pt/c1-57-39-58(53-31-16-15-30-52(53)57)42-20-17-25-45(37-42)60(43-21-7-3-8-22-43,44-23-9-4-10-24-44)46-32-33-50-49-28-13-14-29-51(49)59(54(50)38-46)55-36-41(34-35-56-55)48-27-12-11-26-47(48)40-18-5-2-6-19-40;/h2-36,39H,1H3;/q-1;/i1D3;. The van der Waals surface area contributed by atoms with Crippen molar-refractivity contribution in [1.29, 1.82) is 0 Å². The molecule has 6 heteroatoms. The van der Waals surface area contributed by atoms with Crippen LogP contribution in [0, 0.1) is 12.1 Å². The summed E-state index contributed by atoms with van der Waals surface area (Å²) in [6.07, 6.45) is 3.59. The molecule has 0 bridgehead atoms. The number of benzene rings is 8. The van der Waals surface area contributed by atoms with Crippen LogP contribution in [0.4, 0.5) is 0 Å². The number of hydrogen-bond donors (Lipinski definition) is 0. The molecule has 0 unspecified atom stereocenters. The maximum atomic E-state index is 8.36. The topological polar surface area (TPSA) is 27.7 Å². The van der Waals surface area contributed by atoms with E-state index in [4.69, 9.17) is 9.10 Å². The molecule has 3 heterocycles. The van der Waals surface area contributed by atoms with E-state index in [1.54, 1.807) is 6.33 Å². The molecule has 0 atom stereocenters. The number of aryl methyl sites for hydroxylation is 1. The second-order valence-corrected chi connectivity index (χ2v) is 18.8. The molecule has 11 rings (SSSR count). The molecule has 8 aromatic carbocycles. The monoisotopic (exact) mass is 981 g/mol. The molecule has 4 nitrogen and oxygen atoms in total. The number of rotatable bonds is 8. The molecular formula is C55H39N4PtSi-. The van der Waals surface area contributed by atoms with E-state index in [1.165, 1.54) is 14.9 Å². The predicted octanol–water partition coefficient (Wildman–Crippen LogP) is 10.1. The molecule has 294 valence electrons. The summed E-state index contributed by atoms with van der Waals surface area (Å²) in [5, 5.41) is 6.64. The smallest absolute Gasteiger partial charge is 0.188 e. The fraction of sp³-hybridized carbons (Fsp3) is 0.0182. The van der Waals surface area contributed by atoms with Crippen molar-refractivity contribution < 1.29 is 25.2 Å². The zero-order valence-electron chi connectivity index (χ0n) is 35.9. The van der Waals surface area contributed by atoms with Crippen molar-refractivity contribution in [3.05, 3.63) is 231 Å². The Labute approximate surface area is 375 Å². The van der Waals surface area contributed by atoms with Crippen molar-refractivity contribution in [3.63, 3.8) is 0 Å². The van der Waals surface area contributed by atoms with Crippen molar-refractivity contribution in [2.45, 2.75) is 0 Å². The quantitative estimate of drug-likeness (QED) is 0.0847. The van der Waals surface area contributed by atoms with Crippen LogP contribution in [0.2, 0.25) is 0 Å². The SMILES string of the molecule is [2H]C([2H])([2H])n1[cH+]n(-c2[c-]c([Si](c3[c-]c4c(cc3)c3ccccc3n4-c3cc(-c4ccccc4-c4ccccc4)ccn3)(c3ccccc3)c3ccccc3)ccc2)c2ccccc21.[Pt]. The molecule has 61 heavy (non-hydrogen) atoms. The van der Waals surface area contributed by atoms with Crippen LogP contribution in [-0.4, -0.2) is 26.8 Å². The van der Waals surface area contributed by atoms with E-state index >= 15 is 0 Å². The number of fused-ring (bicyclic) bond motifs is 4. The zero-order chi connectivity index (χ0) is 42.5. The van der Waals surface area contributed by atoms with Crippen molar-refractivity contribution in [3.8, 4) is 33.8 Å². The summed E-state index contributed by atoms with van der Waals surface area (Å²) >= 11 is 0. The molecule has 0 saturated carbocycles. The molecule has 11 aromatic rings. The van der Waals surface area contributed by atoms with Gasteiger partial charge < -0.3 is 4.57 Å². The minimum absolute atomic E-state index is 0. The molecule has 0 amide bonds. The minimum atomic E-state index is -3.24. The van der Waals surface area contributed by atoms with Crippen LogP contribution in [0.5, 0.6) is 0 Å². The second-order valence-electron chi connectivity index (χ2n) is 15.1. The van der Waals surface area contributed by atoms with Gasteiger partial charge in [-0.1, -0.05) is 139 Å². The molecular weight excluding hydrogens is 940 g/mol. The predicted molar refractivity (Wildman–Crippen MR) is 251 cm³/mol. The van der Waals surface area contributed by atoms with E-state index < -0.39 is 15.0 Å². The second kappa shape index (κ2) is 15.9. The van der Waals surface area contributed by atoms with Gasteiger partial charge in [0.05, 0.1) is 0 Å². The number of hydrogen-bond acceptors (Lipinski definition) is 1. The van der Waals surface area contributed by atoms with Crippen LogP contribution in [0.3, 0.4) is 0 Å². The maximum absolute atomic E-state index is 8.36. The van der Waals surface area contributed by atoms with Gasteiger partial charge >= 0.3 is 0 Å². The van der Waals surface area contributed by atoms with Crippen LogP contribution < -0.4 is 20.7 Å². The Morgan fingerprint density at radius 3 is 1.85 bits per heavy atom. The first-order valence-electron chi connectivity index (χ1n) is 21.6. The Balaban J connectivity index is 0.00000484. The van der Waals surface area contributed by atoms with E-state index in [1.807, 2.05) is 47.2 Å². The van der Waals surface area contributed by atoms with Gasteiger partial charge in [-0.3, -0.25) is 0 Å². The number of pyridine rings is 1. The van der Waals surface area contributed by atoms with Gasteiger partial charge in [0.1, 0.15) is 13.9 Å². The first kappa shape index (κ1) is 34.9. The van der Waals surface area contributed by atoms with E-state index in [0.29, 0.717) is 5.52 Å². The summed E-state index contributed by atoms with van der Waals surface area (Å²) in [5.41, 5.74) is 8.66. The van der Waals surface area contributed by atoms with Gasteiger partial charge in [0.2, 0.25) is 0 Å². The molecule has 0 saturated heterocycles. The third-order valence-corrected chi connectivity index (χ3v) is 16.4. The van der Waals surface area contributed by atoms with Gasteiger partial charge in [-0.15, -0.1) is 22.7 Å². The number of para-hydroxylation sites is 3. The van der Waals surface area contributed by atoms with Crippen LogP contribution in [0.25, 0.3) is 66.6 Å². The molecule has 0 aliphatic rings. The molecule has 0 radical (unpaired) electrons. The summed E-state index contributed by atoms with van der Waals surface area (Å²) in [4.78, 5) is 5.07. The Morgan fingerprint density at radius 2 is 1.13 bits per heavy atom. The fourth-order valence-electron chi connectivity index (χ4n) is 9.09. The average molecular weight is 982 g/mol. The van der Waals surface area contributed by atoms with Gasteiger partial charge in [-0.2, -0.15) is 35.5 Å². The first-order chi connectivity index (χ1) is 30.9. The summed E-state index contributed by atoms with van der Waals surface area (Å²) < 4.78 is 30.7. The van der Waals surface area contributed by atoms with E-state index in [-0.39, 0.29) is 21.1 Å². The van der Waals surface area contributed by atoms with Gasteiger partial charge in [-0.05, 0) is 68.3 Å². The Hall–Kier alpha value is -6.91. The van der Waals surface area contributed by atoms with Crippen LogP contribution in [0.1, 0.15) is 4.11 Å². The van der Waals surface area contributed by atoms with Crippen molar-refractivity contribution >= 4 is 61.7 Å². The maximum Gasteiger partial charge on any atom is 0.188 e. The van der Waals surface area contributed by atoms with Gasteiger partial charge in [0.25, 0.3) is 0 Å². The first-order valence-corrected chi connectivity index (χ1v) is 22.1. The number of aromatic nitrogens is 4. The Bertz CT molecular complexity index is 3420. The zero-order valence-corrected chi connectivity index (χ0v) is 36.2. The van der Waals surface area contributed by atoms with E-state index in [9.17, 15) is 0 Å². The molecule has 3 aromatic heterocycles. The fourth-order valence-corrected chi connectivity index (χ4v) is 13.6. The van der Waals surface area contributed by atoms with Gasteiger partial charge in [-0.25, -0.2) is 14.1 Å². The van der Waals surface area contributed by atoms with E-state index in [0.717, 1.165) is 71.5 Å². The van der Waals surface area contributed by atoms with Crippen molar-refractivity contribution in [2.24, 2.45) is 6.98 Å². The molecule has 0 aliphatic heterocycles. The summed E-state index contributed by atoms with van der Waals surface area (Å²) in [7, 11) is -3.24. The summed E-state index contributed by atoms with van der Waals surface area (Å²) in [5.74, 6) is 0.803. The van der Waals surface area contributed by atoms with Crippen LogP contribution in [0.15, 0.2) is 219 Å². The molecule has 0 spiro atoms. The minimum Gasteiger partial charge on any atom is -0.319 e. The van der Waals surface area contributed by atoms with Crippen molar-refractivity contribution in [1.82, 2.24) is 18.7 Å². The van der Waals surface area contributed by atoms with Gasteiger partial charge in [0, 0.05) is 61.7 Å². The normalized spacial score (nSPS) is 12.5. The Kier molecular flexibility index (Phi) is 9.11. The van der Waals surface area contributed by atoms with Crippen molar-refractivity contribution in [2.75, 3.05) is 0 Å². The van der Waals surface area contributed by atoms with Crippen LogP contribution >= 0.6 is 0 Å². The molecule has 0 N–H and O–H groups in total. The number of imidazole rings is 1. The molecule has 0 aliphatic carbocycles.